The number of sulfone groups is 1. The third-order valence-corrected chi connectivity index (χ3v) is 5.34. The highest BCUT2D eigenvalue weighted by Gasteiger charge is 2.46. The quantitative estimate of drug-likeness (QED) is 0.595. The molecule has 9 heteroatoms. The van der Waals surface area contributed by atoms with Crippen molar-refractivity contribution in [1.82, 2.24) is 5.32 Å². The number of benzene rings is 1. The minimum atomic E-state index is -4.32. The van der Waals surface area contributed by atoms with Gasteiger partial charge < -0.3 is 14.8 Å². The minimum absolute atomic E-state index is 0.285. The van der Waals surface area contributed by atoms with Gasteiger partial charge in [0.1, 0.15) is 5.37 Å². The summed E-state index contributed by atoms with van der Waals surface area (Å²) in [4.78, 5) is 23.4. The molecule has 1 rings (SSSR count). The van der Waals surface area contributed by atoms with Crippen molar-refractivity contribution in [3.05, 3.63) is 34.9 Å². The summed E-state index contributed by atoms with van der Waals surface area (Å²) < 4.78 is 34.1. The number of nitrogens with one attached hydrogen (secondary N) is 1. The molecule has 0 aliphatic rings. The van der Waals surface area contributed by atoms with Crippen molar-refractivity contribution in [2.75, 3.05) is 21.3 Å². The van der Waals surface area contributed by atoms with Crippen LogP contribution in [0.2, 0.25) is 5.02 Å². The van der Waals surface area contributed by atoms with Gasteiger partial charge in [0.2, 0.25) is 0 Å². The van der Waals surface area contributed by atoms with Crippen LogP contribution >= 0.6 is 11.6 Å². The van der Waals surface area contributed by atoms with Gasteiger partial charge in [0, 0.05) is 5.02 Å². The normalized spacial score (nSPS) is 12.8. The maximum Gasteiger partial charge on any atom is 0.335 e. The van der Waals surface area contributed by atoms with Crippen LogP contribution in [0.4, 0.5) is 0 Å². The summed E-state index contributed by atoms with van der Waals surface area (Å²) in [6, 6.07) is 6.06. The Hall–Kier alpha value is -1.64. The number of halogens is 1. The van der Waals surface area contributed by atoms with Crippen molar-refractivity contribution < 1.29 is 27.5 Å². The summed E-state index contributed by atoms with van der Waals surface area (Å²) in [5.41, 5.74) is 0.285. The fraction of sp³-hybridized carbons (Fsp3) is 0.385. The second kappa shape index (κ2) is 7.57. The van der Waals surface area contributed by atoms with Crippen molar-refractivity contribution in [2.24, 2.45) is 0 Å². The summed E-state index contributed by atoms with van der Waals surface area (Å²) in [6.45, 7) is 0. The van der Waals surface area contributed by atoms with Gasteiger partial charge in [-0.25, -0.2) is 8.42 Å². The second-order valence-corrected chi connectivity index (χ2v) is 6.80. The monoisotopic (exact) mass is 349 g/mol. The van der Waals surface area contributed by atoms with Gasteiger partial charge in [-0.05, 0) is 24.7 Å². The first kappa shape index (κ1) is 18.4. The minimum Gasteiger partial charge on any atom is -0.468 e. The van der Waals surface area contributed by atoms with E-state index >= 15 is 0 Å². The second-order valence-electron chi connectivity index (χ2n) is 4.24. The Labute approximate surface area is 133 Å². The van der Waals surface area contributed by atoms with Crippen LogP contribution in [-0.2, 0) is 28.9 Å². The van der Waals surface area contributed by atoms with E-state index in [1.54, 1.807) is 12.1 Å². The molecule has 0 bridgehead atoms. The molecule has 0 amide bonds. The van der Waals surface area contributed by atoms with Gasteiger partial charge in [0.05, 0.1) is 14.2 Å². The molecule has 0 fully saturated rings. The van der Waals surface area contributed by atoms with Crippen molar-refractivity contribution in [3.8, 4) is 0 Å². The van der Waals surface area contributed by atoms with Crippen LogP contribution in [0.25, 0.3) is 0 Å². The van der Waals surface area contributed by atoms with Gasteiger partial charge in [-0.15, -0.1) is 0 Å². The molecule has 1 aromatic rings. The zero-order chi connectivity index (χ0) is 16.9. The van der Waals surface area contributed by atoms with Gasteiger partial charge in [-0.3, -0.25) is 9.59 Å². The van der Waals surface area contributed by atoms with E-state index < -0.39 is 32.4 Å². The maximum absolute atomic E-state index is 12.7. The zero-order valence-corrected chi connectivity index (χ0v) is 13.8. The van der Waals surface area contributed by atoms with E-state index in [4.69, 9.17) is 11.6 Å². The Morgan fingerprint density at radius 3 is 2.14 bits per heavy atom. The van der Waals surface area contributed by atoms with Crippen LogP contribution in [-0.4, -0.2) is 46.9 Å². The van der Waals surface area contributed by atoms with Crippen molar-refractivity contribution in [1.29, 1.82) is 0 Å². The number of esters is 2. The largest absolute Gasteiger partial charge is 0.468 e. The first-order chi connectivity index (χ1) is 10.3. The fourth-order valence-corrected chi connectivity index (χ4v) is 3.96. The number of carbonyl (C=O) groups excluding carboxylic acids is 2. The predicted octanol–water partition coefficient (Wildman–Crippen LogP) is 0.687. The third kappa shape index (κ3) is 3.76. The van der Waals surface area contributed by atoms with Crippen LogP contribution in [0, 0.1) is 0 Å². The van der Waals surface area contributed by atoms with Crippen molar-refractivity contribution >= 4 is 33.4 Å². The smallest absolute Gasteiger partial charge is 0.335 e. The van der Waals surface area contributed by atoms with Gasteiger partial charge in [0.15, 0.2) is 9.84 Å². The van der Waals surface area contributed by atoms with Crippen LogP contribution in [0.15, 0.2) is 24.3 Å². The van der Waals surface area contributed by atoms with E-state index in [0.717, 1.165) is 14.2 Å². The van der Waals surface area contributed by atoms with Gasteiger partial charge in [-0.2, -0.15) is 0 Å². The summed E-state index contributed by atoms with van der Waals surface area (Å²) in [6.07, 6.45) is 0. The summed E-state index contributed by atoms with van der Waals surface area (Å²) >= 11 is 5.85. The van der Waals surface area contributed by atoms with Crippen LogP contribution in [0.1, 0.15) is 10.9 Å². The first-order valence-corrected chi connectivity index (χ1v) is 8.09. The molecule has 1 N–H and O–H groups in total. The molecule has 22 heavy (non-hydrogen) atoms. The van der Waals surface area contributed by atoms with Crippen molar-refractivity contribution in [3.63, 3.8) is 0 Å². The van der Waals surface area contributed by atoms with Gasteiger partial charge in [-0.1, -0.05) is 23.7 Å². The fourth-order valence-electron chi connectivity index (χ4n) is 1.90. The maximum atomic E-state index is 12.7. The Bertz CT molecular complexity index is 644. The molecule has 7 nitrogen and oxygen atoms in total. The standard InChI is InChI=1S/C13H16ClNO6S/c1-15-11(8-5-4-6-9(14)7-8)22(18,19)10(12(16)20-2)13(17)21-3/h4-7,10-11,15H,1-3H3. The number of hydrogen-bond acceptors (Lipinski definition) is 7. The van der Waals surface area contributed by atoms with E-state index in [1.807, 2.05) is 0 Å². The Kier molecular flexibility index (Phi) is 6.34. The topological polar surface area (TPSA) is 98.8 Å². The Balaban J connectivity index is 3.38. The lowest BCUT2D eigenvalue weighted by Crippen LogP contribution is -2.44. The molecular weight excluding hydrogens is 334 g/mol. The molecule has 1 unspecified atom stereocenters. The predicted molar refractivity (Wildman–Crippen MR) is 80.0 cm³/mol. The van der Waals surface area contributed by atoms with E-state index in [9.17, 15) is 18.0 Å². The molecule has 0 aliphatic carbocycles. The molecule has 1 aromatic carbocycles. The SMILES string of the molecule is CNC(c1cccc(Cl)c1)S(=O)(=O)C(C(=O)OC)C(=O)OC. The lowest BCUT2D eigenvalue weighted by atomic mass is 10.2. The van der Waals surface area contributed by atoms with Crippen LogP contribution < -0.4 is 5.32 Å². The third-order valence-electron chi connectivity index (χ3n) is 2.90. The lowest BCUT2D eigenvalue weighted by Gasteiger charge is -2.21. The summed E-state index contributed by atoms with van der Waals surface area (Å²) in [5.74, 6) is -2.43. The molecule has 0 aliphatic heterocycles. The number of ether oxygens (including phenoxy) is 2. The van der Waals surface area contributed by atoms with E-state index in [2.05, 4.69) is 14.8 Å². The average Bonchev–Trinajstić information content (AvgIpc) is 2.47. The number of methoxy groups -OCH3 is 2. The Morgan fingerprint density at radius 1 is 1.18 bits per heavy atom. The number of carbonyl (C=O) groups is 2. The summed E-state index contributed by atoms with van der Waals surface area (Å²) in [7, 11) is -0.966. The van der Waals surface area contributed by atoms with Crippen LogP contribution in [0.5, 0.6) is 0 Å². The molecule has 0 spiro atoms. The molecule has 0 aromatic heterocycles. The van der Waals surface area contributed by atoms with Gasteiger partial charge >= 0.3 is 11.9 Å². The molecule has 0 saturated heterocycles. The highest BCUT2D eigenvalue weighted by atomic mass is 35.5. The molecular formula is C13H16ClNO6S. The lowest BCUT2D eigenvalue weighted by molar-refractivity contribution is -0.150. The molecule has 1 atom stereocenters. The molecule has 0 radical (unpaired) electrons. The van der Waals surface area contributed by atoms with Crippen LogP contribution in [0.3, 0.4) is 0 Å². The van der Waals surface area contributed by atoms with E-state index in [1.165, 1.54) is 19.2 Å². The molecule has 0 saturated carbocycles. The number of rotatable bonds is 6. The Morgan fingerprint density at radius 2 is 1.73 bits per heavy atom. The molecule has 122 valence electrons. The average molecular weight is 350 g/mol. The summed E-state index contributed by atoms with van der Waals surface area (Å²) in [5, 5.41) is -0.527. The highest BCUT2D eigenvalue weighted by Crippen LogP contribution is 2.26. The first-order valence-electron chi connectivity index (χ1n) is 6.10. The highest BCUT2D eigenvalue weighted by molar-refractivity contribution is 7.93. The number of hydrogen-bond donors (Lipinski definition) is 1. The zero-order valence-electron chi connectivity index (χ0n) is 12.2. The van der Waals surface area contributed by atoms with Gasteiger partial charge in [0.25, 0.3) is 5.25 Å². The van der Waals surface area contributed by atoms with Crippen molar-refractivity contribution in [2.45, 2.75) is 10.6 Å². The van der Waals surface area contributed by atoms with E-state index in [-0.39, 0.29) is 5.56 Å². The molecule has 0 heterocycles. The van der Waals surface area contributed by atoms with E-state index in [0.29, 0.717) is 5.02 Å².